The van der Waals surface area contributed by atoms with E-state index in [1.54, 1.807) is 13.0 Å². The monoisotopic (exact) mass is 459 g/mol. The zero-order valence-corrected chi connectivity index (χ0v) is 18.9. The van der Waals surface area contributed by atoms with Crippen LogP contribution in [0.15, 0.2) is 66.7 Å². The summed E-state index contributed by atoms with van der Waals surface area (Å²) in [6, 6.07) is 19.7. The third-order valence-electron chi connectivity index (χ3n) is 6.00. The van der Waals surface area contributed by atoms with Crippen LogP contribution in [0.1, 0.15) is 40.9 Å². The molecule has 0 radical (unpaired) electrons. The van der Waals surface area contributed by atoms with E-state index in [0.29, 0.717) is 0 Å². The highest BCUT2D eigenvalue weighted by Crippen LogP contribution is 2.44. The molecular weight excluding hydrogens is 434 g/mol. The lowest BCUT2D eigenvalue weighted by Gasteiger charge is -2.23. The normalized spacial score (nSPS) is 12.9. The van der Waals surface area contributed by atoms with Crippen molar-refractivity contribution in [1.82, 2.24) is 9.88 Å². The summed E-state index contributed by atoms with van der Waals surface area (Å²) in [7, 11) is 1.41. The van der Waals surface area contributed by atoms with Crippen LogP contribution in [0.25, 0.3) is 11.1 Å². The minimum absolute atomic E-state index is 0.0265. The SMILES string of the molecule is CCC(C(=O)O)N(C)C(=O)c1cccc(NC(=O)OCC2c3ccccc3-c3ccccc32)n1. The first-order valence-corrected chi connectivity index (χ1v) is 11.0. The molecule has 1 unspecified atom stereocenters. The van der Waals surface area contributed by atoms with Gasteiger partial charge >= 0.3 is 12.1 Å². The fourth-order valence-corrected chi connectivity index (χ4v) is 4.30. The van der Waals surface area contributed by atoms with Crippen molar-refractivity contribution in [2.24, 2.45) is 0 Å². The van der Waals surface area contributed by atoms with Crippen LogP contribution in [-0.4, -0.2) is 52.7 Å². The molecule has 1 aliphatic carbocycles. The number of carbonyl (C=O) groups is 3. The Morgan fingerprint density at radius 3 is 2.21 bits per heavy atom. The van der Waals surface area contributed by atoms with Gasteiger partial charge in [-0.2, -0.15) is 0 Å². The Morgan fingerprint density at radius 1 is 1.00 bits per heavy atom. The number of benzene rings is 2. The van der Waals surface area contributed by atoms with Gasteiger partial charge in [-0.05, 0) is 40.8 Å². The number of rotatable bonds is 7. The highest BCUT2D eigenvalue weighted by atomic mass is 16.5. The van der Waals surface area contributed by atoms with Crippen molar-refractivity contribution in [3.05, 3.63) is 83.6 Å². The fraction of sp³-hybridized carbons (Fsp3) is 0.231. The maximum absolute atomic E-state index is 12.7. The second-order valence-electron chi connectivity index (χ2n) is 8.04. The average molecular weight is 460 g/mol. The van der Waals surface area contributed by atoms with Gasteiger partial charge in [-0.25, -0.2) is 14.6 Å². The second-order valence-corrected chi connectivity index (χ2v) is 8.04. The number of nitrogens with zero attached hydrogens (tertiary/aromatic N) is 2. The number of carboxylic acids is 1. The van der Waals surface area contributed by atoms with Gasteiger partial charge < -0.3 is 14.7 Å². The number of pyridine rings is 1. The number of aliphatic carboxylic acids is 1. The summed E-state index contributed by atoms with van der Waals surface area (Å²) >= 11 is 0. The maximum Gasteiger partial charge on any atom is 0.412 e. The van der Waals surface area contributed by atoms with E-state index in [2.05, 4.69) is 22.4 Å². The number of fused-ring (bicyclic) bond motifs is 3. The molecule has 8 nitrogen and oxygen atoms in total. The van der Waals surface area contributed by atoms with Gasteiger partial charge in [0, 0.05) is 13.0 Å². The van der Waals surface area contributed by atoms with Gasteiger partial charge in [-0.15, -0.1) is 0 Å². The van der Waals surface area contributed by atoms with E-state index in [4.69, 9.17) is 4.74 Å². The van der Waals surface area contributed by atoms with E-state index in [1.807, 2.05) is 36.4 Å². The number of ether oxygens (including phenoxy) is 1. The first-order chi connectivity index (χ1) is 16.4. The van der Waals surface area contributed by atoms with Crippen LogP contribution in [0.4, 0.5) is 10.6 Å². The summed E-state index contributed by atoms with van der Waals surface area (Å²) in [4.78, 5) is 41.8. The largest absolute Gasteiger partial charge is 0.480 e. The number of anilines is 1. The van der Waals surface area contributed by atoms with Crippen LogP contribution >= 0.6 is 0 Å². The standard InChI is InChI=1S/C26H25N3O5/c1-3-22(25(31)32)29(2)24(30)21-13-8-14-23(27-21)28-26(33)34-15-20-18-11-6-4-9-16(18)17-10-5-7-12-19(17)20/h4-14,20,22H,3,15H2,1-2H3,(H,31,32)(H,27,28,33). The minimum Gasteiger partial charge on any atom is -0.480 e. The summed E-state index contributed by atoms with van der Waals surface area (Å²) in [5, 5.41) is 11.9. The highest BCUT2D eigenvalue weighted by molar-refractivity contribution is 5.95. The van der Waals surface area contributed by atoms with Crippen molar-refractivity contribution in [3.8, 4) is 11.1 Å². The van der Waals surface area contributed by atoms with Crippen molar-refractivity contribution < 1.29 is 24.2 Å². The third-order valence-corrected chi connectivity index (χ3v) is 6.00. The van der Waals surface area contributed by atoms with Gasteiger partial charge in [-0.3, -0.25) is 10.1 Å². The van der Waals surface area contributed by atoms with E-state index < -0.39 is 24.0 Å². The molecule has 2 aromatic carbocycles. The molecule has 1 atom stereocenters. The molecule has 3 aromatic rings. The Bertz CT molecular complexity index is 1200. The van der Waals surface area contributed by atoms with E-state index >= 15 is 0 Å². The first kappa shape index (κ1) is 23.0. The summed E-state index contributed by atoms with van der Waals surface area (Å²) in [6.07, 6.45) is -0.431. The predicted molar refractivity (Wildman–Crippen MR) is 127 cm³/mol. The number of nitrogens with one attached hydrogen (secondary N) is 1. The van der Waals surface area contributed by atoms with Crippen molar-refractivity contribution in [3.63, 3.8) is 0 Å². The van der Waals surface area contributed by atoms with Gasteiger partial charge in [0.15, 0.2) is 0 Å². The molecule has 1 heterocycles. The van der Waals surface area contributed by atoms with E-state index in [9.17, 15) is 19.5 Å². The molecule has 0 saturated heterocycles. The Labute approximate surface area is 197 Å². The molecule has 1 aliphatic rings. The molecule has 174 valence electrons. The van der Waals surface area contributed by atoms with Crippen molar-refractivity contribution in [2.45, 2.75) is 25.3 Å². The number of hydrogen-bond donors (Lipinski definition) is 2. The van der Waals surface area contributed by atoms with E-state index in [-0.39, 0.29) is 30.5 Å². The van der Waals surface area contributed by atoms with Gasteiger partial charge in [0.1, 0.15) is 24.2 Å². The van der Waals surface area contributed by atoms with Crippen LogP contribution in [0.5, 0.6) is 0 Å². The average Bonchev–Trinajstić information content (AvgIpc) is 3.16. The smallest absolute Gasteiger partial charge is 0.412 e. The van der Waals surface area contributed by atoms with Gasteiger partial charge in [0.05, 0.1) is 0 Å². The number of hydrogen-bond acceptors (Lipinski definition) is 5. The number of carboxylic acid groups (broad SMARTS) is 1. The first-order valence-electron chi connectivity index (χ1n) is 11.0. The van der Waals surface area contributed by atoms with E-state index in [1.165, 1.54) is 19.2 Å². The maximum atomic E-state index is 12.7. The van der Waals surface area contributed by atoms with Gasteiger partial charge in [-0.1, -0.05) is 61.5 Å². The Morgan fingerprint density at radius 2 is 1.62 bits per heavy atom. The van der Waals surface area contributed by atoms with Crippen molar-refractivity contribution in [1.29, 1.82) is 0 Å². The topological polar surface area (TPSA) is 109 Å². The lowest BCUT2D eigenvalue weighted by Crippen LogP contribution is -2.42. The van der Waals surface area contributed by atoms with Crippen molar-refractivity contribution >= 4 is 23.8 Å². The predicted octanol–water partition coefficient (Wildman–Crippen LogP) is 4.38. The summed E-state index contributed by atoms with van der Waals surface area (Å²) in [5.74, 6) is -1.58. The zero-order valence-electron chi connectivity index (χ0n) is 18.9. The molecule has 0 aliphatic heterocycles. The van der Waals surface area contributed by atoms with E-state index in [0.717, 1.165) is 27.2 Å². The zero-order chi connectivity index (χ0) is 24.2. The summed E-state index contributed by atoms with van der Waals surface area (Å²) < 4.78 is 5.52. The molecule has 1 aromatic heterocycles. The molecule has 0 bridgehead atoms. The number of aromatic nitrogens is 1. The molecule has 2 N–H and O–H groups in total. The van der Waals surface area contributed by atoms with Crippen LogP contribution in [0.2, 0.25) is 0 Å². The molecule has 8 heteroatoms. The molecule has 0 saturated carbocycles. The number of likely N-dealkylation sites (N-methyl/N-ethyl adjacent to an activating group) is 1. The molecule has 0 spiro atoms. The number of amides is 2. The highest BCUT2D eigenvalue weighted by Gasteiger charge is 2.29. The Kier molecular flexibility index (Phi) is 6.58. The van der Waals surface area contributed by atoms with Gasteiger partial charge in [0.25, 0.3) is 5.91 Å². The third kappa shape index (κ3) is 4.47. The second kappa shape index (κ2) is 9.74. The lowest BCUT2D eigenvalue weighted by atomic mass is 9.98. The molecule has 2 amide bonds. The fourth-order valence-electron chi connectivity index (χ4n) is 4.30. The lowest BCUT2D eigenvalue weighted by molar-refractivity contribution is -0.142. The van der Waals surface area contributed by atoms with Crippen LogP contribution < -0.4 is 5.32 Å². The summed E-state index contributed by atoms with van der Waals surface area (Å²) in [6.45, 7) is 1.84. The van der Waals surface area contributed by atoms with Crippen LogP contribution in [0, 0.1) is 0 Å². The molecular formula is C26H25N3O5. The Hall–Kier alpha value is -4.20. The number of carbonyl (C=O) groups excluding carboxylic acids is 2. The van der Waals surface area contributed by atoms with Crippen LogP contribution in [0.3, 0.4) is 0 Å². The molecule has 4 rings (SSSR count). The minimum atomic E-state index is -1.09. The quantitative estimate of drug-likeness (QED) is 0.543. The molecule has 0 fully saturated rings. The van der Waals surface area contributed by atoms with Crippen LogP contribution in [-0.2, 0) is 9.53 Å². The Balaban J connectivity index is 1.43. The summed E-state index contributed by atoms with van der Waals surface area (Å²) in [5.41, 5.74) is 4.51. The molecule has 34 heavy (non-hydrogen) atoms. The van der Waals surface area contributed by atoms with Gasteiger partial charge in [0.2, 0.25) is 0 Å². The van der Waals surface area contributed by atoms with Crippen molar-refractivity contribution in [2.75, 3.05) is 19.0 Å².